The van der Waals surface area contributed by atoms with Crippen molar-refractivity contribution >= 4 is 10.0 Å². The van der Waals surface area contributed by atoms with Gasteiger partial charge in [0.2, 0.25) is 10.0 Å². The Hall–Kier alpha value is -1.73. The first-order valence-corrected chi connectivity index (χ1v) is 9.62. The number of hydrogen-bond donors (Lipinski definition) is 0. The predicted octanol–water partition coefficient (Wildman–Crippen LogP) is 1.93. The Balaban J connectivity index is 1.89. The SMILES string of the molecule is Cc1ncc(-c2cccc([C@H]3CCCN(S(C)(=O)=O)C3)n2)n1C. The van der Waals surface area contributed by atoms with E-state index in [2.05, 4.69) is 4.98 Å². The predicted molar refractivity (Wildman–Crippen MR) is 89.6 cm³/mol. The Bertz CT molecular complexity index is 813. The molecule has 0 bridgehead atoms. The molecule has 0 aromatic carbocycles. The fourth-order valence-electron chi connectivity index (χ4n) is 3.05. The highest BCUT2D eigenvalue weighted by Crippen LogP contribution is 2.28. The molecule has 0 saturated carbocycles. The van der Waals surface area contributed by atoms with Crippen LogP contribution in [0.1, 0.15) is 30.3 Å². The highest BCUT2D eigenvalue weighted by atomic mass is 32.2. The normalized spacial score (nSPS) is 19.9. The molecule has 2 aromatic heterocycles. The Labute approximate surface area is 137 Å². The minimum atomic E-state index is -3.14. The van der Waals surface area contributed by atoms with E-state index in [1.165, 1.54) is 6.26 Å². The van der Waals surface area contributed by atoms with Gasteiger partial charge in [0.1, 0.15) is 5.82 Å². The fourth-order valence-corrected chi connectivity index (χ4v) is 3.96. The summed E-state index contributed by atoms with van der Waals surface area (Å²) < 4.78 is 27.2. The Morgan fingerprint density at radius 3 is 2.74 bits per heavy atom. The van der Waals surface area contributed by atoms with Crippen molar-refractivity contribution in [1.29, 1.82) is 0 Å². The van der Waals surface area contributed by atoms with Gasteiger partial charge < -0.3 is 4.57 Å². The summed E-state index contributed by atoms with van der Waals surface area (Å²) in [6, 6.07) is 5.94. The first kappa shape index (κ1) is 16.1. The van der Waals surface area contributed by atoms with E-state index in [1.807, 2.05) is 42.9 Å². The number of nitrogens with zero attached hydrogens (tertiary/aromatic N) is 4. The van der Waals surface area contributed by atoms with E-state index in [0.717, 1.165) is 35.7 Å². The summed E-state index contributed by atoms with van der Waals surface area (Å²) >= 11 is 0. The van der Waals surface area contributed by atoms with Crippen LogP contribution in [0.4, 0.5) is 0 Å². The number of hydrogen-bond acceptors (Lipinski definition) is 4. The minimum absolute atomic E-state index is 0.146. The average Bonchev–Trinajstić information content (AvgIpc) is 2.86. The van der Waals surface area contributed by atoms with Gasteiger partial charge in [-0.1, -0.05) is 6.07 Å². The van der Waals surface area contributed by atoms with E-state index < -0.39 is 10.0 Å². The van der Waals surface area contributed by atoms with Gasteiger partial charge in [0.15, 0.2) is 0 Å². The molecule has 0 aliphatic carbocycles. The van der Waals surface area contributed by atoms with Gasteiger partial charge >= 0.3 is 0 Å². The summed E-state index contributed by atoms with van der Waals surface area (Å²) in [5.74, 6) is 1.08. The topological polar surface area (TPSA) is 68.1 Å². The van der Waals surface area contributed by atoms with Gasteiger partial charge in [0, 0.05) is 31.7 Å². The molecule has 124 valence electrons. The van der Waals surface area contributed by atoms with E-state index in [9.17, 15) is 8.42 Å². The molecule has 0 radical (unpaired) electrons. The first-order chi connectivity index (χ1) is 10.9. The molecule has 0 amide bonds. The number of piperidine rings is 1. The van der Waals surface area contributed by atoms with Crippen LogP contribution in [0.15, 0.2) is 24.4 Å². The summed E-state index contributed by atoms with van der Waals surface area (Å²) in [5.41, 5.74) is 2.80. The van der Waals surface area contributed by atoms with Gasteiger partial charge in [-0.3, -0.25) is 4.98 Å². The number of imidazole rings is 1. The molecule has 6 nitrogen and oxygen atoms in total. The second-order valence-corrected chi connectivity index (χ2v) is 8.14. The van der Waals surface area contributed by atoms with Crippen molar-refractivity contribution in [3.8, 4) is 11.4 Å². The Morgan fingerprint density at radius 1 is 1.30 bits per heavy atom. The molecular weight excluding hydrogens is 312 g/mol. The van der Waals surface area contributed by atoms with E-state index in [-0.39, 0.29) is 5.92 Å². The van der Waals surface area contributed by atoms with Crippen molar-refractivity contribution in [3.63, 3.8) is 0 Å². The number of rotatable bonds is 3. The molecule has 0 spiro atoms. The van der Waals surface area contributed by atoms with Crippen LogP contribution in [0.25, 0.3) is 11.4 Å². The molecule has 1 fully saturated rings. The van der Waals surface area contributed by atoms with Crippen LogP contribution < -0.4 is 0 Å². The molecule has 1 saturated heterocycles. The van der Waals surface area contributed by atoms with Gasteiger partial charge in [-0.2, -0.15) is 0 Å². The first-order valence-electron chi connectivity index (χ1n) is 7.77. The summed E-state index contributed by atoms with van der Waals surface area (Å²) in [7, 11) is -1.17. The monoisotopic (exact) mass is 334 g/mol. The maximum atomic E-state index is 11.8. The standard InChI is InChI=1S/C16H22N4O2S/c1-12-17-10-16(19(12)2)15-8-4-7-14(18-15)13-6-5-9-20(11-13)23(3,21)22/h4,7-8,10,13H,5-6,9,11H2,1-3H3/t13-/m0/s1. The fraction of sp³-hybridized carbons (Fsp3) is 0.500. The van der Waals surface area contributed by atoms with Gasteiger partial charge in [-0.25, -0.2) is 17.7 Å². The lowest BCUT2D eigenvalue weighted by Crippen LogP contribution is -2.38. The second kappa shape index (κ2) is 6.05. The van der Waals surface area contributed by atoms with Crippen molar-refractivity contribution in [2.45, 2.75) is 25.7 Å². The molecule has 0 unspecified atom stereocenters. The quantitative estimate of drug-likeness (QED) is 0.860. The molecule has 1 atom stereocenters. The highest BCUT2D eigenvalue weighted by Gasteiger charge is 2.27. The lowest BCUT2D eigenvalue weighted by molar-refractivity contribution is 0.314. The van der Waals surface area contributed by atoms with Gasteiger partial charge in [-0.05, 0) is 31.9 Å². The zero-order chi connectivity index (χ0) is 16.6. The highest BCUT2D eigenvalue weighted by molar-refractivity contribution is 7.88. The maximum absolute atomic E-state index is 11.8. The summed E-state index contributed by atoms with van der Waals surface area (Å²) in [6.07, 6.45) is 4.93. The summed E-state index contributed by atoms with van der Waals surface area (Å²) in [5, 5.41) is 0. The minimum Gasteiger partial charge on any atom is -0.330 e. The van der Waals surface area contributed by atoms with Gasteiger partial charge in [0.05, 0.1) is 23.8 Å². The van der Waals surface area contributed by atoms with Crippen LogP contribution in [0.3, 0.4) is 0 Å². The largest absolute Gasteiger partial charge is 0.330 e. The third kappa shape index (κ3) is 3.30. The van der Waals surface area contributed by atoms with Crippen LogP contribution in [0, 0.1) is 6.92 Å². The molecule has 7 heteroatoms. The van der Waals surface area contributed by atoms with Crippen molar-refractivity contribution in [3.05, 3.63) is 35.9 Å². The van der Waals surface area contributed by atoms with E-state index in [0.29, 0.717) is 13.1 Å². The van der Waals surface area contributed by atoms with E-state index in [1.54, 1.807) is 4.31 Å². The second-order valence-electron chi connectivity index (χ2n) is 6.16. The zero-order valence-corrected chi connectivity index (χ0v) is 14.5. The summed E-state index contributed by atoms with van der Waals surface area (Å²) in [4.78, 5) is 9.09. The van der Waals surface area contributed by atoms with Crippen molar-refractivity contribution in [1.82, 2.24) is 18.8 Å². The Morgan fingerprint density at radius 2 is 2.09 bits per heavy atom. The zero-order valence-electron chi connectivity index (χ0n) is 13.7. The van der Waals surface area contributed by atoms with Gasteiger partial charge in [-0.15, -0.1) is 0 Å². The van der Waals surface area contributed by atoms with Crippen LogP contribution >= 0.6 is 0 Å². The lowest BCUT2D eigenvalue weighted by Gasteiger charge is -2.30. The summed E-state index contributed by atoms with van der Waals surface area (Å²) in [6.45, 7) is 3.08. The van der Waals surface area contributed by atoms with Crippen molar-refractivity contribution in [2.24, 2.45) is 7.05 Å². The van der Waals surface area contributed by atoms with Crippen LogP contribution in [0.5, 0.6) is 0 Å². The lowest BCUT2D eigenvalue weighted by atomic mass is 9.95. The molecular formula is C16H22N4O2S. The molecule has 2 aromatic rings. The molecule has 3 heterocycles. The number of sulfonamides is 1. The number of pyridine rings is 1. The third-order valence-electron chi connectivity index (χ3n) is 4.52. The smallest absolute Gasteiger partial charge is 0.211 e. The van der Waals surface area contributed by atoms with Crippen LogP contribution in [0.2, 0.25) is 0 Å². The van der Waals surface area contributed by atoms with Crippen LogP contribution in [-0.2, 0) is 17.1 Å². The molecule has 3 rings (SSSR count). The Kier molecular flexibility index (Phi) is 4.25. The van der Waals surface area contributed by atoms with Crippen LogP contribution in [-0.4, -0.2) is 46.6 Å². The number of aromatic nitrogens is 3. The third-order valence-corrected chi connectivity index (χ3v) is 5.79. The van der Waals surface area contributed by atoms with Crippen molar-refractivity contribution in [2.75, 3.05) is 19.3 Å². The van der Waals surface area contributed by atoms with E-state index in [4.69, 9.17) is 4.98 Å². The van der Waals surface area contributed by atoms with E-state index >= 15 is 0 Å². The molecule has 0 N–H and O–H groups in total. The molecule has 1 aliphatic heterocycles. The molecule has 23 heavy (non-hydrogen) atoms. The van der Waals surface area contributed by atoms with Gasteiger partial charge in [0.25, 0.3) is 0 Å². The number of aryl methyl sites for hydroxylation is 1. The van der Waals surface area contributed by atoms with Crippen molar-refractivity contribution < 1.29 is 8.42 Å². The average molecular weight is 334 g/mol. The molecule has 1 aliphatic rings. The maximum Gasteiger partial charge on any atom is 0.211 e.